The molecule has 29 heavy (non-hydrogen) atoms. The van der Waals surface area contributed by atoms with Gasteiger partial charge in [0, 0.05) is 13.5 Å². The minimum absolute atomic E-state index is 0.186. The molecular formula is C22H21NO5S. The Kier molecular flexibility index (Phi) is 6.31. The largest absolute Gasteiger partial charge is 0.497 e. The van der Waals surface area contributed by atoms with Crippen LogP contribution in [0.2, 0.25) is 0 Å². The van der Waals surface area contributed by atoms with Crippen molar-refractivity contribution in [2.75, 3.05) is 7.11 Å². The SMILES string of the molecule is COc1ccc(CNS(=O)(=O)c2ccc(-c3ccc(OC(C)=O)cc3)cc2)cc1. The number of sulfonamides is 1. The van der Waals surface area contributed by atoms with Crippen molar-refractivity contribution in [1.82, 2.24) is 4.72 Å². The van der Waals surface area contributed by atoms with Gasteiger partial charge in [-0.15, -0.1) is 0 Å². The van der Waals surface area contributed by atoms with Crippen molar-refractivity contribution in [3.8, 4) is 22.6 Å². The van der Waals surface area contributed by atoms with Crippen LogP contribution >= 0.6 is 0 Å². The molecule has 0 aliphatic carbocycles. The number of methoxy groups -OCH3 is 1. The summed E-state index contributed by atoms with van der Waals surface area (Å²) in [6.45, 7) is 1.53. The van der Waals surface area contributed by atoms with Crippen molar-refractivity contribution in [3.05, 3.63) is 78.4 Å². The minimum atomic E-state index is -3.63. The van der Waals surface area contributed by atoms with Gasteiger partial charge in [-0.2, -0.15) is 0 Å². The molecule has 0 bridgehead atoms. The van der Waals surface area contributed by atoms with Crippen LogP contribution in [-0.4, -0.2) is 21.5 Å². The highest BCUT2D eigenvalue weighted by molar-refractivity contribution is 7.89. The first kappa shape index (κ1) is 20.6. The maximum absolute atomic E-state index is 12.5. The zero-order valence-electron chi connectivity index (χ0n) is 16.1. The lowest BCUT2D eigenvalue weighted by molar-refractivity contribution is -0.131. The van der Waals surface area contributed by atoms with Gasteiger partial charge < -0.3 is 9.47 Å². The van der Waals surface area contributed by atoms with Crippen molar-refractivity contribution in [3.63, 3.8) is 0 Å². The standard InChI is InChI=1S/C22H21NO5S/c1-16(24)28-21-11-5-18(6-12-21)19-7-13-22(14-8-19)29(25,26)23-15-17-3-9-20(27-2)10-4-17/h3-14,23H,15H2,1-2H3. The third-order valence-corrected chi connectivity index (χ3v) is 5.66. The van der Waals surface area contributed by atoms with Crippen molar-refractivity contribution in [1.29, 1.82) is 0 Å². The van der Waals surface area contributed by atoms with Crippen molar-refractivity contribution in [2.24, 2.45) is 0 Å². The smallest absolute Gasteiger partial charge is 0.308 e. The maximum atomic E-state index is 12.5. The second-order valence-electron chi connectivity index (χ2n) is 6.32. The molecule has 0 unspecified atom stereocenters. The fraction of sp³-hybridized carbons (Fsp3) is 0.136. The molecule has 3 rings (SSSR count). The molecule has 6 nitrogen and oxygen atoms in total. The number of carbonyl (C=O) groups is 1. The molecule has 0 radical (unpaired) electrons. The number of hydrogen-bond donors (Lipinski definition) is 1. The molecule has 0 saturated carbocycles. The molecular weight excluding hydrogens is 390 g/mol. The van der Waals surface area contributed by atoms with Gasteiger partial charge in [-0.25, -0.2) is 13.1 Å². The summed E-state index contributed by atoms with van der Waals surface area (Å²) in [6, 6.07) is 20.8. The molecule has 150 valence electrons. The van der Waals surface area contributed by atoms with Crippen LogP contribution in [0.3, 0.4) is 0 Å². The number of ether oxygens (including phenoxy) is 2. The number of carbonyl (C=O) groups excluding carboxylic acids is 1. The van der Waals surface area contributed by atoms with E-state index in [1.165, 1.54) is 6.92 Å². The lowest BCUT2D eigenvalue weighted by atomic mass is 10.1. The van der Waals surface area contributed by atoms with Crippen LogP contribution in [0.4, 0.5) is 0 Å². The molecule has 0 amide bonds. The monoisotopic (exact) mass is 411 g/mol. The van der Waals surface area contributed by atoms with Gasteiger partial charge in [0.05, 0.1) is 12.0 Å². The lowest BCUT2D eigenvalue weighted by Crippen LogP contribution is -2.23. The zero-order chi connectivity index (χ0) is 20.9. The molecule has 3 aromatic carbocycles. The number of esters is 1. The molecule has 0 aliphatic rings. The fourth-order valence-electron chi connectivity index (χ4n) is 2.71. The summed E-state index contributed by atoms with van der Waals surface area (Å²) in [5, 5.41) is 0. The van der Waals surface area contributed by atoms with E-state index in [4.69, 9.17) is 9.47 Å². The Morgan fingerprint density at radius 1 is 0.828 bits per heavy atom. The van der Waals surface area contributed by atoms with Gasteiger partial charge in [0.1, 0.15) is 11.5 Å². The molecule has 0 atom stereocenters. The van der Waals surface area contributed by atoms with E-state index in [1.54, 1.807) is 55.6 Å². The lowest BCUT2D eigenvalue weighted by Gasteiger charge is -2.09. The van der Waals surface area contributed by atoms with E-state index >= 15 is 0 Å². The predicted octanol–water partition coefficient (Wildman–Crippen LogP) is 3.77. The first-order valence-corrected chi connectivity index (χ1v) is 10.4. The number of hydrogen-bond acceptors (Lipinski definition) is 5. The van der Waals surface area contributed by atoms with E-state index in [0.29, 0.717) is 11.5 Å². The molecule has 1 N–H and O–H groups in total. The third kappa shape index (κ3) is 5.43. The second-order valence-corrected chi connectivity index (χ2v) is 8.08. The van der Waals surface area contributed by atoms with Gasteiger partial charge >= 0.3 is 5.97 Å². The highest BCUT2D eigenvalue weighted by Gasteiger charge is 2.14. The summed E-state index contributed by atoms with van der Waals surface area (Å²) in [5.41, 5.74) is 2.57. The number of benzene rings is 3. The topological polar surface area (TPSA) is 81.7 Å². The number of nitrogens with one attached hydrogen (secondary N) is 1. The van der Waals surface area contributed by atoms with E-state index in [1.807, 2.05) is 24.3 Å². The van der Waals surface area contributed by atoms with Crippen LogP contribution in [0.1, 0.15) is 12.5 Å². The number of rotatable bonds is 7. The second kappa shape index (κ2) is 8.89. The van der Waals surface area contributed by atoms with Crippen LogP contribution in [-0.2, 0) is 21.4 Å². The summed E-state index contributed by atoms with van der Waals surface area (Å²) >= 11 is 0. The maximum Gasteiger partial charge on any atom is 0.308 e. The average Bonchev–Trinajstić information content (AvgIpc) is 2.73. The Balaban J connectivity index is 1.68. The molecule has 0 saturated heterocycles. The van der Waals surface area contributed by atoms with Crippen LogP contribution in [0.5, 0.6) is 11.5 Å². The molecule has 3 aromatic rings. The van der Waals surface area contributed by atoms with E-state index in [9.17, 15) is 13.2 Å². The van der Waals surface area contributed by atoms with Gasteiger partial charge in [0.15, 0.2) is 0 Å². The molecule has 0 spiro atoms. The highest BCUT2D eigenvalue weighted by atomic mass is 32.2. The average molecular weight is 411 g/mol. The summed E-state index contributed by atoms with van der Waals surface area (Å²) in [6.07, 6.45) is 0. The zero-order valence-corrected chi connectivity index (χ0v) is 16.9. The third-order valence-electron chi connectivity index (χ3n) is 4.24. The Hall–Kier alpha value is -3.16. The molecule has 0 fully saturated rings. The molecule has 0 aliphatic heterocycles. The van der Waals surface area contributed by atoms with Gasteiger partial charge in [0.2, 0.25) is 10.0 Å². The van der Waals surface area contributed by atoms with Crippen molar-refractivity contribution in [2.45, 2.75) is 18.4 Å². The van der Waals surface area contributed by atoms with E-state index in [2.05, 4.69) is 4.72 Å². The molecule has 0 heterocycles. The van der Waals surface area contributed by atoms with Gasteiger partial charge in [0.25, 0.3) is 0 Å². The minimum Gasteiger partial charge on any atom is -0.497 e. The fourth-order valence-corrected chi connectivity index (χ4v) is 3.73. The first-order valence-electron chi connectivity index (χ1n) is 8.89. The molecule has 7 heteroatoms. The van der Waals surface area contributed by atoms with Crippen LogP contribution in [0, 0.1) is 0 Å². The summed E-state index contributed by atoms with van der Waals surface area (Å²) < 4.78 is 37.8. The van der Waals surface area contributed by atoms with Gasteiger partial charge in [-0.3, -0.25) is 4.79 Å². The summed E-state index contributed by atoms with van der Waals surface area (Å²) in [4.78, 5) is 11.2. The Morgan fingerprint density at radius 2 is 1.34 bits per heavy atom. The van der Waals surface area contributed by atoms with Crippen LogP contribution < -0.4 is 14.2 Å². The van der Waals surface area contributed by atoms with Crippen LogP contribution in [0.25, 0.3) is 11.1 Å². The Morgan fingerprint density at radius 3 is 1.86 bits per heavy atom. The van der Waals surface area contributed by atoms with Crippen molar-refractivity contribution < 1.29 is 22.7 Å². The quantitative estimate of drug-likeness (QED) is 0.473. The summed E-state index contributed by atoms with van der Waals surface area (Å²) in [5.74, 6) is 0.797. The molecule has 0 aromatic heterocycles. The first-order chi connectivity index (χ1) is 13.9. The Labute approximate surface area is 170 Å². The van der Waals surface area contributed by atoms with Gasteiger partial charge in [-0.05, 0) is 53.1 Å². The Bertz CT molecular complexity index is 1070. The van der Waals surface area contributed by atoms with Crippen LogP contribution in [0.15, 0.2) is 77.7 Å². The van der Waals surface area contributed by atoms with E-state index in [0.717, 1.165) is 16.7 Å². The van der Waals surface area contributed by atoms with E-state index in [-0.39, 0.29) is 17.4 Å². The summed E-state index contributed by atoms with van der Waals surface area (Å²) in [7, 11) is -2.05. The normalized spacial score (nSPS) is 11.1. The predicted molar refractivity (Wildman–Crippen MR) is 110 cm³/mol. The highest BCUT2D eigenvalue weighted by Crippen LogP contribution is 2.24. The van der Waals surface area contributed by atoms with Crippen molar-refractivity contribution >= 4 is 16.0 Å². The van der Waals surface area contributed by atoms with E-state index < -0.39 is 10.0 Å². The van der Waals surface area contributed by atoms with Gasteiger partial charge in [-0.1, -0.05) is 36.4 Å².